The lowest BCUT2D eigenvalue weighted by Gasteiger charge is -2.15. The summed E-state index contributed by atoms with van der Waals surface area (Å²) in [4.78, 5) is 4.38. The molecule has 1 aromatic heterocycles. The van der Waals surface area contributed by atoms with Crippen molar-refractivity contribution >= 4 is 10.0 Å². The molecule has 0 unspecified atom stereocenters. The Hall–Kier alpha value is -1.70. The molecule has 2 aliphatic heterocycles. The Kier molecular flexibility index (Phi) is 3.94. The molecule has 2 aromatic rings. The Morgan fingerprint density at radius 3 is 2.67 bits per heavy atom. The summed E-state index contributed by atoms with van der Waals surface area (Å²) >= 11 is 0. The number of nitrogens with zero attached hydrogens (tertiary/aromatic N) is 3. The predicted octanol–water partition coefficient (Wildman–Crippen LogP) is 1.33. The number of fused-ring (bicyclic) bond motifs is 1. The monoisotopic (exact) mass is 346 g/mol. The molecule has 0 spiro atoms. The second-order valence-electron chi connectivity index (χ2n) is 6.65. The minimum Gasteiger partial charge on any atom is -0.333 e. The van der Waals surface area contributed by atoms with E-state index in [0.29, 0.717) is 13.1 Å². The van der Waals surface area contributed by atoms with Gasteiger partial charge in [0, 0.05) is 44.2 Å². The van der Waals surface area contributed by atoms with Crippen LogP contribution in [0, 0.1) is 0 Å². The van der Waals surface area contributed by atoms with Gasteiger partial charge in [0.1, 0.15) is 5.82 Å². The molecular formula is C17H22N4O2S. The quantitative estimate of drug-likeness (QED) is 0.909. The van der Waals surface area contributed by atoms with Crippen molar-refractivity contribution in [2.24, 2.45) is 5.73 Å². The molecule has 0 bridgehead atoms. The van der Waals surface area contributed by atoms with Crippen LogP contribution < -0.4 is 5.73 Å². The molecule has 0 aliphatic carbocycles. The van der Waals surface area contributed by atoms with Crippen LogP contribution in [0.25, 0.3) is 0 Å². The van der Waals surface area contributed by atoms with Crippen LogP contribution in [0.15, 0.2) is 41.6 Å². The van der Waals surface area contributed by atoms with Crippen molar-refractivity contribution in [3.8, 4) is 0 Å². The molecule has 24 heavy (non-hydrogen) atoms. The van der Waals surface area contributed by atoms with Gasteiger partial charge in [-0.2, -0.15) is 4.31 Å². The molecular weight excluding hydrogens is 324 g/mol. The Bertz CT molecular complexity index is 808. The highest BCUT2D eigenvalue weighted by atomic mass is 32.2. The van der Waals surface area contributed by atoms with Gasteiger partial charge in [-0.3, -0.25) is 0 Å². The van der Waals surface area contributed by atoms with Gasteiger partial charge in [0.15, 0.2) is 5.03 Å². The van der Waals surface area contributed by atoms with Gasteiger partial charge in [0.2, 0.25) is 0 Å². The van der Waals surface area contributed by atoms with Crippen molar-refractivity contribution in [2.75, 3.05) is 13.1 Å². The maximum atomic E-state index is 13.0. The summed E-state index contributed by atoms with van der Waals surface area (Å²) in [5.41, 5.74) is 7.33. The molecule has 128 valence electrons. The molecule has 1 saturated heterocycles. The predicted molar refractivity (Wildman–Crippen MR) is 91.1 cm³/mol. The number of rotatable bonds is 3. The number of imidazole rings is 1. The molecule has 7 heteroatoms. The third-order valence-corrected chi connectivity index (χ3v) is 6.75. The standard InChI is InChI=1S/C17H22N4O2S/c18-15-11-21(10-14(15)13-6-2-1-3-7-13)24(22,23)17-12-20-9-5-4-8-16(20)19-17/h1-3,6-7,12,14-15H,4-5,8-11,18H2/t14-,15+/m0/s1. The average Bonchev–Trinajstić information content (AvgIpc) is 3.20. The molecule has 2 aliphatic rings. The van der Waals surface area contributed by atoms with Gasteiger partial charge >= 0.3 is 0 Å². The van der Waals surface area contributed by atoms with Crippen LogP contribution in [0.3, 0.4) is 0 Å². The summed E-state index contributed by atoms with van der Waals surface area (Å²) in [7, 11) is -3.59. The van der Waals surface area contributed by atoms with Crippen LogP contribution in [-0.2, 0) is 23.0 Å². The second-order valence-corrected chi connectivity index (χ2v) is 8.53. The Morgan fingerprint density at radius 1 is 1.12 bits per heavy atom. The highest BCUT2D eigenvalue weighted by Gasteiger charge is 2.39. The lowest BCUT2D eigenvalue weighted by molar-refractivity contribution is 0.467. The second kappa shape index (κ2) is 5.98. The fourth-order valence-electron chi connectivity index (χ4n) is 3.68. The molecule has 6 nitrogen and oxygen atoms in total. The summed E-state index contributed by atoms with van der Waals surface area (Å²) in [6.45, 7) is 1.60. The summed E-state index contributed by atoms with van der Waals surface area (Å²) in [6.07, 6.45) is 4.68. The first kappa shape index (κ1) is 15.8. The zero-order valence-electron chi connectivity index (χ0n) is 13.5. The van der Waals surface area contributed by atoms with Gasteiger partial charge in [-0.05, 0) is 18.4 Å². The first-order valence-electron chi connectivity index (χ1n) is 8.42. The number of benzene rings is 1. The van der Waals surface area contributed by atoms with E-state index in [9.17, 15) is 8.42 Å². The minimum atomic E-state index is -3.59. The van der Waals surface area contributed by atoms with Crippen molar-refractivity contribution in [2.45, 2.75) is 42.8 Å². The largest absolute Gasteiger partial charge is 0.333 e. The number of aromatic nitrogens is 2. The number of aryl methyl sites for hydroxylation is 2. The number of sulfonamides is 1. The van der Waals surface area contributed by atoms with Crippen molar-refractivity contribution in [1.82, 2.24) is 13.9 Å². The van der Waals surface area contributed by atoms with Crippen LogP contribution in [-0.4, -0.2) is 41.4 Å². The molecule has 0 amide bonds. The van der Waals surface area contributed by atoms with Crippen molar-refractivity contribution in [3.63, 3.8) is 0 Å². The normalized spacial score (nSPS) is 24.9. The molecule has 2 atom stereocenters. The number of hydrogen-bond donors (Lipinski definition) is 1. The van der Waals surface area contributed by atoms with Gasteiger partial charge in [-0.15, -0.1) is 0 Å². The van der Waals surface area contributed by atoms with E-state index in [1.807, 2.05) is 34.9 Å². The highest BCUT2D eigenvalue weighted by Crippen LogP contribution is 2.30. The Morgan fingerprint density at radius 2 is 1.92 bits per heavy atom. The molecule has 0 radical (unpaired) electrons. The molecule has 3 heterocycles. The first-order valence-corrected chi connectivity index (χ1v) is 9.86. The van der Waals surface area contributed by atoms with Gasteiger partial charge < -0.3 is 10.3 Å². The summed E-state index contributed by atoms with van der Waals surface area (Å²) in [6, 6.07) is 9.70. The summed E-state index contributed by atoms with van der Waals surface area (Å²) in [5, 5.41) is 0.167. The Labute approximate surface area is 142 Å². The molecule has 1 fully saturated rings. The SMILES string of the molecule is N[C@@H]1CN(S(=O)(=O)c2cn3c(n2)CCCC3)C[C@H]1c1ccccc1. The van der Waals surface area contributed by atoms with E-state index in [0.717, 1.165) is 37.2 Å². The zero-order valence-corrected chi connectivity index (χ0v) is 14.3. The molecule has 1 aromatic carbocycles. The minimum absolute atomic E-state index is 0.0261. The maximum Gasteiger partial charge on any atom is 0.262 e. The fourth-order valence-corrected chi connectivity index (χ4v) is 5.15. The lowest BCUT2D eigenvalue weighted by atomic mass is 9.95. The maximum absolute atomic E-state index is 13.0. The van der Waals surface area contributed by atoms with Crippen molar-refractivity contribution in [3.05, 3.63) is 47.9 Å². The van der Waals surface area contributed by atoms with E-state index in [4.69, 9.17) is 5.73 Å². The third-order valence-electron chi connectivity index (χ3n) is 5.05. The smallest absolute Gasteiger partial charge is 0.262 e. The molecule has 2 N–H and O–H groups in total. The summed E-state index contributed by atoms with van der Waals surface area (Å²) < 4.78 is 29.4. The lowest BCUT2D eigenvalue weighted by Crippen LogP contribution is -2.32. The van der Waals surface area contributed by atoms with Crippen LogP contribution in [0.4, 0.5) is 0 Å². The van der Waals surface area contributed by atoms with E-state index in [-0.39, 0.29) is 17.0 Å². The van der Waals surface area contributed by atoms with Crippen molar-refractivity contribution in [1.29, 1.82) is 0 Å². The average molecular weight is 346 g/mol. The van der Waals surface area contributed by atoms with Crippen LogP contribution >= 0.6 is 0 Å². The molecule has 0 saturated carbocycles. The van der Waals surface area contributed by atoms with E-state index >= 15 is 0 Å². The van der Waals surface area contributed by atoms with Crippen LogP contribution in [0.2, 0.25) is 0 Å². The topological polar surface area (TPSA) is 81.2 Å². The molecule has 4 rings (SSSR count). The van der Waals surface area contributed by atoms with Gasteiger partial charge in [-0.25, -0.2) is 13.4 Å². The summed E-state index contributed by atoms with van der Waals surface area (Å²) in [5.74, 6) is 0.904. The van der Waals surface area contributed by atoms with Crippen molar-refractivity contribution < 1.29 is 8.42 Å². The van der Waals surface area contributed by atoms with Crippen LogP contribution in [0.1, 0.15) is 30.1 Å². The van der Waals surface area contributed by atoms with E-state index < -0.39 is 10.0 Å². The van der Waals surface area contributed by atoms with E-state index in [1.165, 1.54) is 4.31 Å². The third kappa shape index (κ3) is 2.66. The van der Waals surface area contributed by atoms with E-state index in [1.54, 1.807) is 6.20 Å². The first-order chi connectivity index (χ1) is 11.6. The zero-order chi connectivity index (χ0) is 16.7. The van der Waals surface area contributed by atoms with Gasteiger partial charge in [0.05, 0.1) is 0 Å². The highest BCUT2D eigenvalue weighted by molar-refractivity contribution is 7.89. The van der Waals surface area contributed by atoms with E-state index in [2.05, 4.69) is 4.98 Å². The number of nitrogens with two attached hydrogens (primary N) is 1. The van der Waals surface area contributed by atoms with Crippen LogP contribution in [0.5, 0.6) is 0 Å². The van der Waals surface area contributed by atoms with Gasteiger partial charge in [-0.1, -0.05) is 30.3 Å². The Balaban J connectivity index is 1.60. The number of hydrogen-bond acceptors (Lipinski definition) is 4. The van der Waals surface area contributed by atoms with Gasteiger partial charge in [0.25, 0.3) is 10.0 Å². The fraction of sp³-hybridized carbons (Fsp3) is 0.471.